The lowest BCUT2D eigenvalue weighted by atomic mass is 10.1. The summed E-state index contributed by atoms with van der Waals surface area (Å²) >= 11 is 11.7. The molecule has 0 spiro atoms. The van der Waals surface area contributed by atoms with Crippen molar-refractivity contribution in [2.45, 2.75) is 26.6 Å². The lowest BCUT2D eigenvalue weighted by molar-refractivity contribution is -0.274. The molecule has 0 bridgehead atoms. The number of imide groups is 1. The van der Waals surface area contributed by atoms with Gasteiger partial charge in [0.1, 0.15) is 10.8 Å². The Kier molecular flexibility index (Phi) is 4.64. The summed E-state index contributed by atoms with van der Waals surface area (Å²) in [5.41, 5.74) is 0.903. The Morgan fingerprint density at radius 2 is 1.78 bits per heavy atom. The highest BCUT2D eigenvalue weighted by Gasteiger charge is 2.38. The Morgan fingerprint density at radius 1 is 1.17 bits per heavy atom. The van der Waals surface area contributed by atoms with Gasteiger partial charge in [-0.2, -0.15) is 0 Å². The second-order valence-corrected chi connectivity index (χ2v) is 5.70. The number of amides is 2. The van der Waals surface area contributed by atoms with Gasteiger partial charge in [-0.05, 0) is 26.0 Å². The largest absolute Gasteiger partial charge is 0.573 e. The summed E-state index contributed by atoms with van der Waals surface area (Å²) < 4.78 is 40.5. The Hall–Kier alpha value is -1.73. The molecule has 9 heteroatoms. The van der Waals surface area contributed by atoms with E-state index in [2.05, 4.69) is 4.74 Å². The first-order valence-corrected chi connectivity index (χ1v) is 7.06. The van der Waals surface area contributed by atoms with Crippen LogP contribution < -0.4 is 9.64 Å². The lowest BCUT2D eigenvalue weighted by Crippen LogP contribution is -2.29. The first-order valence-electron chi connectivity index (χ1n) is 6.30. The molecule has 4 nitrogen and oxygen atoms in total. The summed E-state index contributed by atoms with van der Waals surface area (Å²) in [6, 6.07) is 1.98. The third kappa shape index (κ3) is 3.45. The number of allylic oxidation sites excluding steroid dienone is 1. The third-order valence-electron chi connectivity index (χ3n) is 3.14. The molecule has 1 saturated heterocycles. The van der Waals surface area contributed by atoms with Crippen LogP contribution in [0, 0.1) is 0 Å². The van der Waals surface area contributed by atoms with E-state index in [-0.39, 0.29) is 17.1 Å². The molecule has 1 aliphatic heterocycles. The van der Waals surface area contributed by atoms with Crippen LogP contribution in [-0.2, 0) is 9.59 Å². The molecular formula is C14H10Cl2F3NO3. The molecule has 1 aromatic carbocycles. The van der Waals surface area contributed by atoms with Gasteiger partial charge in [0.05, 0.1) is 17.1 Å². The summed E-state index contributed by atoms with van der Waals surface area (Å²) in [6.45, 7) is 3.36. The fourth-order valence-electron chi connectivity index (χ4n) is 2.09. The highest BCUT2D eigenvalue weighted by atomic mass is 35.5. The van der Waals surface area contributed by atoms with E-state index in [1.54, 1.807) is 13.8 Å². The van der Waals surface area contributed by atoms with Crippen LogP contribution in [0.4, 0.5) is 18.9 Å². The number of hydrogen-bond donors (Lipinski definition) is 0. The van der Waals surface area contributed by atoms with Crippen LogP contribution in [0.15, 0.2) is 23.3 Å². The Labute approximate surface area is 139 Å². The molecule has 0 N–H and O–H groups in total. The van der Waals surface area contributed by atoms with Crippen molar-refractivity contribution in [2.24, 2.45) is 0 Å². The van der Waals surface area contributed by atoms with E-state index in [1.165, 1.54) is 0 Å². The standard InChI is InChI=1S/C14H10Cl2F3NO3/c1-6(2)7-5-10(21)20(13(7)22)8-3-4-9(12(16)11(8)15)23-14(17,18)19/h3-4H,5H2,1-2H3. The van der Waals surface area contributed by atoms with Gasteiger partial charge in [0.2, 0.25) is 5.91 Å². The van der Waals surface area contributed by atoms with Gasteiger partial charge in [-0.15, -0.1) is 13.2 Å². The summed E-state index contributed by atoms with van der Waals surface area (Å²) in [5, 5.41) is -0.905. The average molecular weight is 368 g/mol. The van der Waals surface area contributed by atoms with Crippen molar-refractivity contribution in [1.82, 2.24) is 0 Å². The number of alkyl halides is 3. The summed E-state index contributed by atoms with van der Waals surface area (Å²) in [7, 11) is 0. The molecule has 1 fully saturated rings. The number of hydrogen-bond acceptors (Lipinski definition) is 3. The molecule has 0 aromatic heterocycles. The minimum absolute atomic E-state index is 0.0857. The maximum absolute atomic E-state index is 12.3. The number of benzene rings is 1. The molecule has 0 radical (unpaired) electrons. The Morgan fingerprint density at radius 3 is 2.26 bits per heavy atom. The van der Waals surface area contributed by atoms with Crippen molar-refractivity contribution in [1.29, 1.82) is 0 Å². The number of nitrogens with zero attached hydrogens (tertiary/aromatic N) is 1. The van der Waals surface area contributed by atoms with Crippen LogP contribution in [0.1, 0.15) is 20.3 Å². The predicted molar refractivity (Wildman–Crippen MR) is 78.6 cm³/mol. The molecule has 0 unspecified atom stereocenters. The number of halogens is 5. The van der Waals surface area contributed by atoms with Gasteiger partial charge >= 0.3 is 6.36 Å². The van der Waals surface area contributed by atoms with Crippen molar-refractivity contribution >= 4 is 40.7 Å². The normalized spacial score (nSPS) is 15.4. The van der Waals surface area contributed by atoms with Gasteiger partial charge in [-0.1, -0.05) is 28.8 Å². The molecule has 1 aliphatic rings. The molecule has 2 amide bonds. The quantitative estimate of drug-likeness (QED) is 0.571. The van der Waals surface area contributed by atoms with Crippen LogP contribution in [0.2, 0.25) is 10.0 Å². The van der Waals surface area contributed by atoms with Crippen molar-refractivity contribution in [3.63, 3.8) is 0 Å². The topological polar surface area (TPSA) is 46.6 Å². The number of anilines is 1. The summed E-state index contributed by atoms with van der Waals surface area (Å²) in [6.07, 6.45) is -5.04. The molecular weight excluding hydrogens is 358 g/mol. The summed E-state index contributed by atoms with van der Waals surface area (Å²) in [4.78, 5) is 25.1. The highest BCUT2D eigenvalue weighted by Crippen LogP contribution is 2.42. The van der Waals surface area contributed by atoms with Gasteiger partial charge in [0.25, 0.3) is 5.91 Å². The number of carbonyl (C=O) groups is 2. The number of rotatable bonds is 2. The third-order valence-corrected chi connectivity index (χ3v) is 3.99. The van der Waals surface area contributed by atoms with Crippen molar-refractivity contribution < 1.29 is 27.5 Å². The van der Waals surface area contributed by atoms with Gasteiger partial charge in [-0.3, -0.25) is 9.59 Å². The molecule has 0 aliphatic carbocycles. The van der Waals surface area contributed by atoms with Crippen molar-refractivity contribution in [3.8, 4) is 5.75 Å². The van der Waals surface area contributed by atoms with Gasteiger partial charge in [0.15, 0.2) is 0 Å². The highest BCUT2D eigenvalue weighted by molar-refractivity contribution is 6.46. The SMILES string of the molecule is CC(C)=C1CC(=O)N(c2ccc(OC(F)(F)F)c(Cl)c2Cl)C1=O. The predicted octanol–water partition coefficient (Wildman–Crippen LogP) is 4.49. The van der Waals surface area contributed by atoms with Crippen LogP contribution >= 0.6 is 23.2 Å². The molecule has 1 heterocycles. The van der Waals surface area contributed by atoms with Gasteiger partial charge in [0, 0.05) is 5.57 Å². The fourth-order valence-corrected chi connectivity index (χ4v) is 2.53. The Bertz CT molecular complexity index is 725. The smallest absolute Gasteiger partial charge is 0.404 e. The van der Waals surface area contributed by atoms with E-state index in [4.69, 9.17) is 23.2 Å². The fraction of sp³-hybridized carbons (Fsp3) is 0.286. The molecule has 0 saturated carbocycles. The second kappa shape index (κ2) is 6.05. The first-order chi connectivity index (χ1) is 10.5. The first kappa shape index (κ1) is 17.6. The average Bonchev–Trinajstić information content (AvgIpc) is 2.70. The maximum atomic E-state index is 12.3. The van der Waals surface area contributed by atoms with Crippen molar-refractivity contribution in [2.75, 3.05) is 4.90 Å². The monoisotopic (exact) mass is 367 g/mol. The molecule has 2 rings (SSSR count). The maximum Gasteiger partial charge on any atom is 0.573 e. The van der Waals surface area contributed by atoms with Crippen LogP contribution in [0.25, 0.3) is 0 Å². The van der Waals surface area contributed by atoms with Crippen LogP contribution in [0.5, 0.6) is 5.75 Å². The zero-order chi connectivity index (χ0) is 17.5. The number of carbonyl (C=O) groups excluding carboxylic acids is 2. The zero-order valence-electron chi connectivity index (χ0n) is 11.9. The minimum atomic E-state index is -4.94. The second-order valence-electron chi connectivity index (χ2n) is 4.95. The van der Waals surface area contributed by atoms with E-state index in [9.17, 15) is 22.8 Å². The molecule has 124 valence electrons. The lowest BCUT2D eigenvalue weighted by Gasteiger charge is -2.18. The van der Waals surface area contributed by atoms with E-state index >= 15 is 0 Å². The van der Waals surface area contributed by atoms with Crippen molar-refractivity contribution in [3.05, 3.63) is 33.3 Å². The molecule has 1 aromatic rings. The number of ether oxygens (including phenoxy) is 1. The zero-order valence-corrected chi connectivity index (χ0v) is 13.4. The van der Waals surface area contributed by atoms with Gasteiger partial charge < -0.3 is 4.74 Å². The summed E-state index contributed by atoms with van der Waals surface area (Å²) in [5.74, 6) is -1.82. The Balaban J connectivity index is 2.46. The van der Waals surface area contributed by atoms with Crippen LogP contribution in [-0.4, -0.2) is 18.2 Å². The van der Waals surface area contributed by atoms with Crippen LogP contribution in [0.3, 0.4) is 0 Å². The minimum Gasteiger partial charge on any atom is -0.404 e. The van der Waals surface area contributed by atoms with E-state index in [0.29, 0.717) is 11.1 Å². The molecule has 23 heavy (non-hydrogen) atoms. The molecule has 0 atom stereocenters. The van der Waals surface area contributed by atoms with E-state index in [1.807, 2.05) is 0 Å². The van der Waals surface area contributed by atoms with Gasteiger partial charge in [-0.25, -0.2) is 4.90 Å². The van der Waals surface area contributed by atoms with E-state index < -0.39 is 28.9 Å². The van der Waals surface area contributed by atoms with E-state index in [0.717, 1.165) is 17.0 Å².